The van der Waals surface area contributed by atoms with Gasteiger partial charge in [-0.05, 0) is 25.7 Å². The minimum atomic E-state index is -0.459. The smallest absolute Gasteiger partial charge is 0.292 e. The summed E-state index contributed by atoms with van der Waals surface area (Å²) in [4.78, 5) is 24.2. The average molecular weight is 280 g/mol. The second-order valence-electron chi connectivity index (χ2n) is 4.39. The van der Waals surface area contributed by atoms with Crippen molar-refractivity contribution in [1.82, 2.24) is 10.2 Å². The lowest BCUT2D eigenvalue weighted by Gasteiger charge is -2.15. The Hall–Kier alpha value is -2.15. The molecule has 2 N–H and O–H groups in total. The zero-order valence-corrected chi connectivity index (χ0v) is 12.0. The molecule has 1 aromatic carbocycles. The van der Waals surface area contributed by atoms with E-state index in [9.17, 15) is 14.9 Å². The van der Waals surface area contributed by atoms with Crippen LogP contribution in [0.25, 0.3) is 0 Å². The van der Waals surface area contributed by atoms with Crippen molar-refractivity contribution in [3.8, 4) is 0 Å². The molecule has 0 aliphatic rings. The van der Waals surface area contributed by atoms with Gasteiger partial charge >= 0.3 is 0 Å². The molecular formula is C13H20N4O3. The number of nitro benzene ring substituents is 1. The topological polar surface area (TPSA) is 87.5 Å². The minimum absolute atomic E-state index is 0.0307. The van der Waals surface area contributed by atoms with E-state index < -0.39 is 4.92 Å². The maximum atomic E-state index is 11.6. The number of nitrogens with one attached hydrogen (secondary N) is 2. The van der Waals surface area contributed by atoms with E-state index in [1.807, 2.05) is 14.0 Å². The van der Waals surface area contributed by atoms with Crippen LogP contribution < -0.4 is 10.6 Å². The molecular weight excluding hydrogens is 260 g/mol. The molecule has 1 rings (SSSR count). The Morgan fingerprint density at radius 1 is 1.45 bits per heavy atom. The number of benzene rings is 1. The number of carbonyl (C=O) groups is 1. The van der Waals surface area contributed by atoms with E-state index in [-0.39, 0.29) is 11.6 Å². The Labute approximate surface area is 118 Å². The van der Waals surface area contributed by atoms with E-state index in [1.54, 1.807) is 0 Å². The summed E-state index contributed by atoms with van der Waals surface area (Å²) in [6.07, 6.45) is 0. The maximum absolute atomic E-state index is 11.6. The van der Waals surface area contributed by atoms with E-state index in [4.69, 9.17) is 0 Å². The molecule has 7 nitrogen and oxygen atoms in total. The first kappa shape index (κ1) is 15.9. The van der Waals surface area contributed by atoms with Crippen LogP contribution in [0.4, 0.5) is 11.4 Å². The lowest BCUT2D eigenvalue weighted by Crippen LogP contribution is -2.25. The normalized spacial score (nSPS) is 10.4. The molecule has 0 saturated heterocycles. The molecule has 0 saturated carbocycles. The Balaban J connectivity index is 2.89. The van der Waals surface area contributed by atoms with E-state index >= 15 is 0 Å². The second kappa shape index (κ2) is 7.44. The zero-order valence-electron chi connectivity index (χ0n) is 12.0. The molecule has 20 heavy (non-hydrogen) atoms. The SMILES string of the molecule is CCN(C)CCNc1cc(C(=O)NC)ccc1[N+](=O)[O-]. The fourth-order valence-corrected chi connectivity index (χ4v) is 1.66. The highest BCUT2D eigenvalue weighted by Crippen LogP contribution is 2.25. The van der Waals surface area contributed by atoms with Gasteiger partial charge in [-0.1, -0.05) is 6.92 Å². The Kier molecular flexibility index (Phi) is 5.92. The highest BCUT2D eigenvalue weighted by atomic mass is 16.6. The molecule has 1 amide bonds. The van der Waals surface area contributed by atoms with Crippen LogP contribution in [0.3, 0.4) is 0 Å². The van der Waals surface area contributed by atoms with Crippen LogP contribution in [0.2, 0.25) is 0 Å². The third-order valence-corrected chi connectivity index (χ3v) is 3.03. The third-order valence-electron chi connectivity index (χ3n) is 3.03. The molecule has 0 fully saturated rings. The summed E-state index contributed by atoms with van der Waals surface area (Å²) in [6, 6.07) is 4.29. The van der Waals surface area contributed by atoms with Crippen LogP contribution in [0, 0.1) is 10.1 Å². The molecule has 1 aromatic rings. The molecule has 0 unspecified atom stereocenters. The minimum Gasteiger partial charge on any atom is -0.378 e. The molecule has 0 aliphatic carbocycles. The summed E-state index contributed by atoms with van der Waals surface area (Å²) in [7, 11) is 3.49. The standard InChI is InChI=1S/C13H20N4O3/c1-4-16(3)8-7-15-11-9-10(13(18)14-2)5-6-12(11)17(19)20/h5-6,9,15H,4,7-8H2,1-3H3,(H,14,18). The van der Waals surface area contributed by atoms with Crippen molar-refractivity contribution in [3.63, 3.8) is 0 Å². The van der Waals surface area contributed by atoms with E-state index in [2.05, 4.69) is 15.5 Å². The van der Waals surface area contributed by atoms with Gasteiger partial charge in [-0.15, -0.1) is 0 Å². The van der Waals surface area contributed by atoms with Crippen LogP contribution in [0.5, 0.6) is 0 Å². The Bertz CT molecular complexity index is 491. The summed E-state index contributed by atoms with van der Waals surface area (Å²) in [5.41, 5.74) is 0.724. The fraction of sp³-hybridized carbons (Fsp3) is 0.462. The van der Waals surface area contributed by atoms with Gasteiger partial charge in [-0.2, -0.15) is 0 Å². The van der Waals surface area contributed by atoms with Crippen molar-refractivity contribution < 1.29 is 9.72 Å². The van der Waals surface area contributed by atoms with Gasteiger partial charge in [0.25, 0.3) is 11.6 Å². The summed E-state index contributed by atoms with van der Waals surface area (Å²) in [5.74, 6) is -0.270. The molecule has 0 atom stereocenters. The van der Waals surface area contributed by atoms with Crippen LogP contribution >= 0.6 is 0 Å². The van der Waals surface area contributed by atoms with Crippen molar-refractivity contribution in [2.24, 2.45) is 0 Å². The second-order valence-corrected chi connectivity index (χ2v) is 4.39. The van der Waals surface area contributed by atoms with Crippen LogP contribution in [0.1, 0.15) is 17.3 Å². The first-order chi connectivity index (χ1) is 9.49. The van der Waals surface area contributed by atoms with Gasteiger partial charge in [0.05, 0.1) is 4.92 Å². The lowest BCUT2D eigenvalue weighted by atomic mass is 10.1. The van der Waals surface area contributed by atoms with Crippen molar-refractivity contribution in [1.29, 1.82) is 0 Å². The number of nitrogens with zero attached hydrogens (tertiary/aromatic N) is 2. The van der Waals surface area contributed by atoms with Gasteiger partial charge in [0.15, 0.2) is 0 Å². The number of carbonyl (C=O) groups excluding carboxylic acids is 1. The monoisotopic (exact) mass is 280 g/mol. The van der Waals surface area contributed by atoms with Crippen molar-refractivity contribution >= 4 is 17.3 Å². The molecule has 0 radical (unpaired) electrons. The number of anilines is 1. The maximum Gasteiger partial charge on any atom is 0.292 e. The summed E-state index contributed by atoms with van der Waals surface area (Å²) in [5, 5.41) is 16.5. The summed E-state index contributed by atoms with van der Waals surface area (Å²) >= 11 is 0. The highest BCUT2D eigenvalue weighted by Gasteiger charge is 2.16. The molecule has 110 valence electrons. The lowest BCUT2D eigenvalue weighted by molar-refractivity contribution is -0.384. The summed E-state index contributed by atoms with van der Waals surface area (Å²) in [6.45, 7) is 4.27. The number of nitro groups is 1. The summed E-state index contributed by atoms with van der Waals surface area (Å²) < 4.78 is 0. The van der Waals surface area contributed by atoms with Crippen LogP contribution in [-0.2, 0) is 0 Å². The number of rotatable bonds is 7. The predicted octanol–water partition coefficient (Wildman–Crippen LogP) is 1.32. The molecule has 0 spiro atoms. The number of likely N-dealkylation sites (N-methyl/N-ethyl adjacent to an activating group) is 1. The average Bonchev–Trinajstić information content (AvgIpc) is 2.45. The van der Waals surface area contributed by atoms with Crippen molar-refractivity contribution in [2.75, 3.05) is 39.0 Å². The predicted molar refractivity (Wildman–Crippen MR) is 78.1 cm³/mol. The van der Waals surface area contributed by atoms with Crippen molar-refractivity contribution in [3.05, 3.63) is 33.9 Å². The van der Waals surface area contributed by atoms with Gasteiger partial charge in [0.1, 0.15) is 5.69 Å². The van der Waals surface area contributed by atoms with Gasteiger partial charge in [0, 0.05) is 31.8 Å². The molecule has 0 aromatic heterocycles. The molecule has 0 heterocycles. The molecule has 0 aliphatic heterocycles. The van der Waals surface area contributed by atoms with E-state index in [1.165, 1.54) is 25.2 Å². The highest BCUT2D eigenvalue weighted by molar-refractivity contribution is 5.95. The molecule has 0 bridgehead atoms. The first-order valence-electron chi connectivity index (χ1n) is 6.42. The van der Waals surface area contributed by atoms with Crippen LogP contribution in [0.15, 0.2) is 18.2 Å². The first-order valence-corrected chi connectivity index (χ1v) is 6.42. The van der Waals surface area contributed by atoms with Gasteiger partial charge in [-0.3, -0.25) is 14.9 Å². The van der Waals surface area contributed by atoms with Crippen LogP contribution in [-0.4, -0.2) is 49.5 Å². The van der Waals surface area contributed by atoms with Crippen molar-refractivity contribution in [2.45, 2.75) is 6.92 Å². The number of amides is 1. The quantitative estimate of drug-likeness (QED) is 0.581. The van der Waals surface area contributed by atoms with E-state index in [0.717, 1.165) is 13.1 Å². The fourth-order valence-electron chi connectivity index (χ4n) is 1.66. The third kappa shape index (κ3) is 4.20. The van der Waals surface area contributed by atoms with E-state index in [0.29, 0.717) is 17.8 Å². The largest absolute Gasteiger partial charge is 0.378 e. The Morgan fingerprint density at radius 2 is 2.15 bits per heavy atom. The molecule has 7 heteroatoms. The van der Waals surface area contributed by atoms with Gasteiger partial charge in [0.2, 0.25) is 0 Å². The Morgan fingerprint density at radius 3 is 2.70 bits per heavy atom. The number of hydrogen-bond acceptors (Lipinski definition) is 5. The zero-order chi connectivity index (χ0) is 15.1. The van der Waals surface area contributed by atoms with Gasteiger partial charge in [-0.25, -0.2) is 0 Å². The van der Waals surface area contributed by atoms with Gasteiger partial charge < -0.3 is 15.5 Å². The number of hydrogen-bond donors (Lipinski definition) is 2.